The smallest absolute Gasteiger partial charge is 0.307 e. The third-order valence-electron chi connectivity index (χ3n) is 3.70. The van der Waals surface area contributed by atoms with Crippen LogP contribution in [0.2, 0.25) is 0 Å². The van der Waals surface area contributed by atoms with E-state index in [9.17, 15) is 15.0 Å². The summed E-state index contributed by atoms with van der Waals surface area (Å²) in [5.41, 5.74) is 1.45. The lowest BCUT2D eigenvalue weighted by molar-refractivity contribution is -0.144. The molecular formula is C13H16O3. The van der Waals surface area contributed by atoms with Crippen LogP contribution in [-0.4, -0.2) is 16.2 Å². The molecule has 0 aromatic heterocycles. The van der Waals surface area contributed by atoms with E-state index in [2.05, 4.69) is 0 Å². The van der Waals surface area contributed by atoms with Gasteiger partial charge in [0, 0.05) is 5.41 Å². The van der Waals surface area contributed by atoms with Gasteiger partial charge in [-0.2, -0.15) is 0 Å². The largest absolute Gasteiger partial charge is 0.508 e. The van der Waals surface area contributed by atoms with Crippen LogP contribution in [0.5, 0.6) is 5.75 Å². The average molecular weight is 220 g/mol. The van der Waals surface area contributed by atoms with Crippen molar-refractivity contribution in [3.8, 4) is 5.75 Å². The van der Waals surface area contributed by atoms with Gasteiger partial charge in [-0.1, -0.05) is 26.0 Å². The highest BCUT2D eigenvalue weighted by Crippen LogP contribution is 2.43. The number of phenolic OH excluding ortho intramolecular Hbond substituents is 1. The molecule has 0 bridgehead atoms. The molecule has 0 fully saturated rings. The van der Waals surface area contributed by atoms with E-state index < -0.39 is 11.4 Å². The Kier molecular flexibility index (Phi) is 2.41. The zero-order chi connectivity index (χ0) is 11.9. The highest BCUT2D eigenvalue weighted by molar-refractivity contribution is 5.73. The lowest BCUT2D eigenvalue weighted by Gasteiger charge is -2.38. The van der Waals surface area contributed by atoms with E-state index in [-0.39, 0.29) is 11.7 Å². The lowest BCUT2D eigenvalue weighted by atomic mass is 9.65. The van der Waals surface area contributed by atoms with E-state index >= 15 is 0 Å². The number of rotatable bonds is 1. The fourth-order valence-corrected chi connectivity index (χ4v) is 2.71. The van der Waals surface area contributed by atoms with Crippen molar-refractivity contribution < 1.29 is 15.0 Å². The first-order valence-electron chi connectivity index (χ1n) is 5.48. The van der Waals surface area contributed by atoms with Crippen molar-refractivity contribution in [3.63, 3.8) is 0 Å². The topological polar surface area (TPSA) is 57.5 Å². The van der Waals surface area contributed by atoms with E-state index in [1.165, 1.54) is 0 Å². The van der Waals surface area contributed by atoms with Gasteiger partial charge in [-0.05, 0) is 30.0 Å². The van der Waals surface area contributed by atoms with Crippen molar-refractivity contribution in [3.05, 3.63) is 29.3 Å². The summed E-state index contributed by atoms with van der Waals surface area (Å²) in [7, 11) is 0. The number of phenols is 1. The van der Waals surface area contributed by atoms with Gasteiger partial charge in [0.1, 0.15) is 5.75 Å². The highest BCUT2D eigenvalue weighted by atomic mass is 16.4. The molecule has 1 aliphatic rings. The predicted molar refractivity (Wildman–Crippen MR) is 60.6 cm³/mol. The molecule has 0 heterocycles. The van der Waals surface area contributed by atoms with Gasteiger partial charge < -0.3 is 10.2 Å². The Morgan fingerprint density at radius 3 is 2.75 bits per heavy atom. The summed E-state index contributed by atoms with van der Waals surface area (Å²) in [6.45, 7) is 3.87. The Hall–Kier alpha value is -1.51. The molecule has 2 N–H and O–H groups in total. The van der Waals surface area contributed by atoms with Gasteiger partial charge in [0.2, 0.25) is 0 Å². The fourth-order valence-electron chi connectivity index (χ4n) is 2.71. The lowest BCUT2D eigenvalue weighted by Crippen LogP contribution is -2.38. The van der Waals surface area contributed by atoms with E-state index in [0.717, 1.165) is 11.1 Å². The fraction of sp³-hybridized carbons (Fsp3) is 0.462. The molecule has 3 nitrogen and oxygen atoms in total. The number of hydrogen-bond donors (Lipinski definition) is 2. The van der Waals surface area contributed by atoms with Gasteiger partial charge in [-0.15, -0.1) is 0 Å². The van der Waals surface area contributed by atoms with E-state index in [0.29, 0.717) is 12.8 Å². The maximum absolute atomic E-state index is 11.2. The number of aliphatic carboxylic acids is 1. The Balaban J connectivity index is 2.55. The summed E-state index contributed by atoms with van der Waals surface area (Å²) in [5, 5.41) is 19.0. The molecular weight excluding hydrogens is 204 g/mol. The molecule has 0 saturated heterocycles. The molecule has 1 unspecified atom stereocenters. The minimum Gasteiger partial charge on any atom is -0.508 e. The highest BCUT2D eigenvalue weighted by Gasteiger charge is 2.41. The first kappa shape index (κ1) is 11.0. The van der Waals surface area contributed by atoms with Gasteiger partial charge in [-0.3, -0.25) is 4.79 Å². The van der Waals surface area contributed by atoms with Gasteiger partial charge in [-0.25, -0.2) is 0 Å². The molecule has 0 aliphatic heterocycles. The Morgan fingerprint density at radius 2 is 2.12 bits per heavy atom. The molecule has 1 aromatic carbocycles. The maximum atomic E-state index is 11.2. The first-order chi connectivity index (χ1) is 7.44. The maximum Gasteiger partial charge on any atom is 0.307 e. The zero-order valence-electron chi connectivity index (χ0n) is 9.53. The number of fused-ring (bicyclic) bond motifs is 1. The van der Waals surface area contributed by atoms with Crippen LogP contribution in [0.15, 0.2) is 18.2 Å². The van der Waals surface area contributed by atoms with Gasteiger partial charge >= 0.3 is 5.97 Å². The van der Waals surface area contributed by atoms with Crippen molar-refractivity contribution >= 4 is 5.97 Å². The number of carboxylic acid groups (broad SMARTS) is 1. The quantitative estimate of drug-likeness (QED) is 0.763. The number of hydrogen-bond acceptors (Lipinski definition) is 2. The van der Waals surface area contributed by atoms with Crippen LogP contribution in [0, 0.1) is 5.92 Å². The summed E-state index contributed by atoms with van der Waals surface area (Å²) < 4.78 is 0. The van der Waals surface area contributed by atoms with Gasteiger partial charge in [0.05, 0.1) is 5.92 Å². The molecule has 2 rings (SSSR count). The second-order valence-corrected chi connectivity index (χ2v) is 4.95. The average Bonchev–Trinajstić information content (AvgIpc) is 2.18. The summed E-state index contributed by atoms with van der Waals surface area (Å²) in [6.07, 6.45) is 1.23. The van der Waals surface area contributed by atoms with Crippen molar-refractivity contribution in [1.29, 1.82) is 0 Å². The normalized spacial score (nSPS) is 22.5. The SMILES string of the molecule is CC1(C)c2cccc(O)c2CCC1C(=O)O. The molecule has 1 atom stereocenters. The zero-order valence-corrected chi connectivity index (χ0v) is 9.53. The molecule has 0 spiro atoms. The minimum absolute atomic E-state index is 0.286. The second-order valence-electron chi connectivity index (χ2n) is 4.95. The number of aromatic hydroxyl groups is 1. The Bertz CT molecular complexity index is 435. The van der Waals surface area contributed by atoms with Crippen LogP contribution >= 0.6 is 0 Å². The van der Waals surface area contributed by atoms with E-state index in [1.807, 2.05) is 19.9 Å². The predicted octanol–water partition coefficient (Wildman–Crippen LogP) is 2.32. The third kappa shape index (κ3) is 1.47. The first-order valence-corrected chi connectivity index (χ1v) is 5.48. The van der Waals surface area contributed by atoms with Crippen LogP contribution in [-0.2, 0) is 16.6 Å². The summed E-state index contributed by atoms with van der Waals surface area (Å²) in [4.78, 5) is 11.2. The molecule has 1 aliphatic carbocycles. The molecule has 1 aromatic rings. The second kappa shape index (κ2) is 3.51. The molecule has 0 saturated carbocycles. The van der Waals surface area contributed by atoms with E-state index in [4.69, 9.17) is 0 Å². The third-order valence-corrected chi connectivity index (χ3v) is 3.70. The van der Waals surface area contributed by atoms with Crippen molar-refractivity contribution in [2.45, 2.75) is 32.1 Å². The van der Waals surface area contributed by atoms with Crippen LogP contribution in [0.1, 0.15) is 31.4 Å². The molecule has 3 heteroatoms. The summed E-state index contributed by atoms with van der Waals surface area (Å²) >= 11 is 0. The van der Waals surface area contributed by atoms with Crippen LogP contribution in [0.3, 0.4) is 0 Å². The summed E-state index contributed by atoms with van der Waals surface area (Å²) in [6, 6.07) is 5.36. The number of benzene rings is 1. The number of carboxylic acids is 1. The standard InChI is InChI=1S/C13H16O3/c1-13(2)9-4-3-5-11(14)8(9)6-7-10(13)12(15)16/h3-5,10,14H,6-7H2,1-2H3,(H,15,16). The molecule has 0 radical (unpaired) electrons. The van der Waals surface area contributed by atoms with Gasteiger partial charge in [0.15, 0.2) is 0 Å². The van der Waals surface area contributed by atoms with Gasteiger partial charge in [0.25, 0.3) is 0 Å². The minimum atomic E-state index is -0.751. The molecule has 0 amide bonds. The van der Waals surface area contributed by atoms with Crippen LogP contribution in [0.4, 0.5) is 0 Å². The molecule has 16 heavy (non-hydrogen) atoms. The van der Waals surface area contributed by atoms with Crippen molar-refractivity contribution in [2.24, 2.45) is 5.92 Å². The number of carbonyl (C=O) groups is 1. The van der Waals surface area contributed by atoms with Crippen molar-refractivity contribution in [1.82, 2.24) is 0 Å². The Labute approximate surface area is 94.7 Å². The van der Waals surface area contributed by atoms with E-state index in [1.54, 1.807) is 12.1 Å². The van der Waals surface area contributed by atoms with Crippen LogP contribution < -0.4 is 0 Å². The monoisotopic (exact) mass is 220 g/mol. The van der Waals surface area contributed by atoms with Crippen LogP contribution in [0.25, 0.3) is 0 Å². The Morgan fingerprint density at radius 1 is 1.44 bits per heavy atom. The summed E-state index contributed by atoms with van der Waals surface area (Å²) in [5.74, 6) is -0.838. The molecule has 86 valence electrons. The van der Waals surface area contributed by atoms with Crippen molar-refractivity contribution in [2.75, 3.05) is 0 Å².